The Bertz CT molecular complexity index is 1270. The first kappa shape index (κ1) is 33.0. The summed E-state index contributed by atoms with van der Waals surface area (Å²) in [6.45, 7) is 6.01. The number of unbranched alkanes of at least 4 members (excludes halogenated alkanes) is 7. The van der Waals surface area contributed by atoms with E-state index in [1.54, 1.807) is 25.1 Å². The van der Waals surface area contributed by atoms with E-state index in [0.29, 0.717) is 12.2 Å². The number of thiocarbonyl (C=S) groups is 1. The highest BCUT2D eigenvalue weighted by atomic mass is 32.1. The summed E-state index contributed by atoms with van der Waals surface area (Å²) >= 11 is 5.57. The normalized spacial score (nSPS) is 11.5. The van der Waals surface area contributed by atoms with Crippen molar-refractivity contribution in [2.24, 2.45) is 0 Å². The number of hydrogen-bond acceptors (Lipinski definition) is 6. The first-order valence-electron chi connectivity index (χ1n) is 15.3. The topological polar surface area (TPSA) is 61.8 Å². The number of hydrogen-bond donors (Lipinski definition) is 0. The standard InChI is InChI=1S/C36H44O5S/c1-4-6-7-8-9-10-11-13-17-28-20-22-29(23-21-28)32-25-24-31(34(37)41-36(38)39-27(3)16-5-2)26-33(32)40-35(42)30-18-14-12-15-19-30/h12,14-15,18-27H,4-11,13,16-17H2,1-3H3. The third-order valence-corrected chi connectivity index (χ3v) is 7.50. The first-order chi connectivity index (χ1) is 20.4. The van der Waals surface area contributed by atoms with Gasteiger partial charge in [-0.25, -0.2) is 9.59 Å². The second kappa shape index (κ2) is 18.1. The lowest BCUT2D eigenvalue weighted by Gasteiger charge is -2.15. The van der Waals surface area contributed by atoms with Crippen molar-refractivity contribution in [3.63, 3.8) is 0 Å². The highest BCUT2D eigenvalue weighted by Crippen LogP contribution is 2.33. The van der Waals surface area contributed by atoms with Gasteiger partial charge in [0.05, 0.1) is 5.56 Å². The van der Waals surface area contributed by atoms with Crippen LogP contribution in [-0.4, -0.2) is 23.3 Å². The van der Waals surface area contributed by atoms with E-state index in [4.69, 9.17) is 26.4 Å². The van der Waals surface area contributed by atoms with Gasteiger partial charge in [0.25, 0.3) is 0 Å². The van der Waals surface area contributed by atoms with E-state index in [1.165, 1.54) is 56.9 Å². The third kappa shape index (κ3) is 11.1. The molecule has 0 aliphatic carbocycles. The van der Waals surface area contributed by atoms with Crippen LogP contribution in [0.5, 0.6) is 5.75 Å². The molecule has 1 unspecified atom stereocenters. The van der Waals surface area contributed by atoms with Crippen LogP contribution in [0.1, 0.15) is 106 Å². The van der Waals surface area contributed by atoms with E-state index in [2.05, 4.69) is 31.2 Å². The molecule has 0 saturated heterocycles. The molecule has 1 atom stereocenters. The van der Waals surface area contributed by atoms with Crippen LogP contribution < -0.4 is 4.74 Å². The van der Waals surface area contributed by atoms with Gasteiger partial charge in [0.1, 0.15) is 11.9 Å². The second-order valence-electron chi connectivity index (χ2n) is 10.7. The van der Waals surface area contributed by atoms with Crippen LogP contribution in [0.3, 0.4) is 0 Å². The van der Waals surface area contributed by atoms with E-state index >= 15 is 0 Å². The summed E-state index contributed by atoms with van der Waals surface area (Å²) in [6.07, 6.45) is 11.6. The zero-order chi connectivity index (χ0) is 30.2. The van der Waals surface area contributed by atoms with Crippen LogP contribution in [0.2, 0.25) is 0 Å². The average molecular weight is 589 g/mol. The highest BCUT2D eigenvalue weighted by molar-refractivity contribution is 7.80. The summed E-state index contributed by atoms with van der Waals surface area (Å²) in [6, 6.07) is 22.8. The molecule has 0 fully saturated rings. The van der Waals surface area contributed by atoms with Crippen LogP contribution in [0, 0.1) is 0 Å². The Balaban J connectivity index is 1.71. The molecule has 0 radical (unpaired) electrons. The minimum absolute atomic E-state index is 0.163. The van der Waals surface area contributed by atoms with E-state index in [-0.39, 0.29) is 16.7 Å². The molecule has 3 aromatic carbocycles. The third-order valence-electron chi connectivity index (χ3n) is 7.18. The number of rotatable bonds is 16. The van der Waals surface area contributed by atoms with E-state index in [0.717, 1.165) is 29.5 Å². The van der Waals surface area contributed by atoms with Crippen molar-refractivity contribution in [3.8, 4) is 16.9 Å². The van der Waals surface area contributed by atoms with Crippen molar-refractivity contribution in [1.29, 1.82) is 0 Å². The molecule has 0 aliphatic rings. The molecular formula is C36H44O5S. The lowest BCUT2D eigenvalue weighted by Crippen LogP contribution is -2.19. The Hall–Kier alpha value is -3.51. The van der Waals surface area contributed by atoms with E-state index in [1.807, 2.05) is 37.3 Å². The minimum atomic E-state index is -1.01. The van der Waals surface area contributed by atoms with Gasteiger partial charge in [-0.1, -0.05) is 120 Å². The maximum atomic E-state index is 12.8. The monoisotopic (exact) mass is 588 g/mol. The van der Waals surface area contributed by atoms with E-state index < -0.39 is 12.1 Å². The molecule has 0 bridgehead atoms. The molecule has 0 spiro atoms. The highest BCUT2D eigenvalue weighted by Gasteiger charge is 2.20. The number of benzene rings is 3. The number of esters is 1. The number of aryl methyl sites for hydroxylation is 1. The van der Waals surface area contributed by atoms with Crippen molar-refractivity contribution < 1.29 is 23.8 Å². The smallest absolute Gasteiger partial charge is 0.445 e. The van der Waals surface area contributed by atoms with Crippen molar-refractivity contribution in [2.45, 2.75) is 97.5 Å². The van der Waals surface area contributed by atoms with Gasteiger partial charge in [-0.3, -0.25) is 0 Å². The number of carbonyl (C=O) groups is 2. The molecule has 0 aliphatic heterocycles. The van der Waals surface area contributed by atoms with Gasteiger partial charge >= 0.3 is 12.1 Å². The molecular weight excluding hydrogens is 544 g/mol. The summed E-state index contributed by atoms with van der Waals surface area (Å²) < 4.78 is 16.3. The molecule has 0 amide bonds. The van der Waals surface area contributed by atoms with Crippen molar-refractivity contribution in [3.05, 3.63) is 89.5 Å². The molecule has 0 aromatic heterocycles. The van der Waals surface area contributed by atoms with Crippen LogP contribution in [-0.2, 0) is 15.9 Å². The van der Waals surface area contributed by atoms with Gasteiger partial charge in [0.15, 0.2) is 5.05 Å². The Morgan fingerprint density at radius 3 is 2.10 bits per heavy atom. The molecule has 42 heavy (non-hydrogen) atoms. The maximum Gasteiger partial charge on any atom is 0.516 e. The maximum absolute atomic E-state index is 12.8. The molecule has 0 heterocycles. The summed E-state index contributed by atoms with van der Waals surface area (Å²) in [7, 11) is 0. The zero-order valence-corrected chi connectivity index (χ0v) is 26.0. The molecule has 224 valence electrons. The molecule has 0 saturated carbocycles. The van der Waals surface area contributed by atoms with E-state index in [9.17, 15) is 9.59 Å². The minimum Gasteiger partial charge on any atom is -0.445 e. The molecule has 6 heteroatoms. The average Bonchev–Trinajstić information content (AvgIpc) is 2.99. The summed E-state index contributed by atoms with van der Waals surface area (Å²) in [5.74, 6) is -0.409. The Morgan fingerprint density at radius 1 is 0.762 bits per heavy atom. The van der Waals surface area contributed by atoms with Crippen LogP contribution in [0.25, 0.3) is 11.1 Å². The van der Waals surface area contributed by atoms with Gasteiger partial charge in [0.2, 0.25) is 0 Å². The number of carbonyl (C=O) groups excluding carboxylic acids is 2. The quantitative estimate of drug-likeness (QED) is 0.0718. The molecule has 5 nitrogen and oxygen atoms in total. The van der Waals surface area contributed by atoms with Crippen molar-refractivity contribution in [2.75, 3.05) is 0 Å². The fourth-order valence-electron chi connectivity index (χ4n) is 4.81. The fourth-order valence-corrected chi connectivity index (χ4v) is 5.03. The number of ether oxygens (including phenoxy) is 3. The summed E-state index contributed by atoms with van der Waals surface area (Å²) in [4.78, 5) is 24.9. The Morgan fingerprint density at radius 2 is 1.43 bits per heavy atom. The molecule has 3 aromatic rings. The largest absolute Gasteiger partial charge is 0.516 e. The van der Waals surface area contributed by atoms with Crippen molar-refractivity contribution >= 4 is 29.4 Å². The van der Waals surface area contributed by atoms with Crippen molar-refractivity contribution in [1.82, 2.24) is 0 Å². The Kier molecular flexibility index (Phi) is 14.2. The SMILES string of the molecule is CCCCCCCCCCc1ccc(-c2ccc(C(=O)OC(=O)OC(C)CCC)cc2OC(=S)c2ccccc2)cc1. The molecule has 3 rings (SSSR count). The van der Waals surface area contributed by atoms with Gasteiger partial charge in [0, 0.05) is 11.1 Å². The van der Waals surface area contributed by atoms with Crippen LogP contribution >= 0.6 is 12.2 Å². The lowest BCUT2D eigenvalue weighted by atomic mass is 9.99. The Labute approximate surface area is 256 Å². The van der Waals surface area contributed by atoms with Gasteiger partial charge in [-0.2, -0.15) is 0 Å². The predicted octanol–water partition coefficient (Wildman–Crippen LogP) is 10.3. The summed E-state index contributed by atoms with van der Waals surface area (Å²) in [5.41, 5.74) is 3.93. The van der Waals surface area contributed by atoms with Gasteiger partial charge in [-0.15, -0.1) is 0 Å². The zero-order valence-electron chi connectivity index (χ0n) is 25.2. The molecule has 0 N–H and O–H groups in total. The van der Waals surface area contributed by atoms with Crippen LogP contribution in [0.15, 0.2) is 72.8 Å². The lowest BCUT2D eigenvalue weighted by molar-refractivity contribution is 0.0235. The van der Waals surface area contributed by atoms with Gasteiger partial charge < -0.3 is 14.2 Å². The second-order valence-corrected chi connectivity index (χ2v) is 11.1. The predicted molar refractivity (Wildman–Crippen MR) is 173 cm³/mol. The van der Waals surface area contributed by atoms with Gasteiger partial charge in [-0.05, 0) is 67.7 Å². The first-order valence-corrected chi connectivity index (χ1v) is 15.8. The fraction of sp³-hybridized carbons (Fsp3) is 0.417. The summed E-state index contributed by atoms with van der Waals surface area (Å²) in [5, 5.41) is 0.279. The van der Waals surface area contributed by atoms with Crippen LogP contribution in [0.4, 0.5) is 4.79 Å².